The number of hydrogen-bond acceptors (Lipinski definition) is 3. The van der Waals surface area contributed by atoms with Gasteiger partial charge in [-0.05, 0) is 18.4 Å². The highest BCUT2D eigenvalue weighted by atomic mass is 32.2. The third-order valence-corrected chi connectivity index (χ3v) is 3.04. The highest BCUT2D eigenvalue weighted by molar-refractivity contribution is 7.98. The zero-order valence-electron chi connectivity index (χ0n) is 8.23. The quantitative estimate of drug-likeness (QED) is 0.688. The molecule has 0 aromatic heterocycles. The molecular formula is C9H15NO3S. The van der Waals surface area contributed by atoms with Crippen LogP contribution in [0.15, 0.2) is 0 Å². The number of amides is 1. The van der Waals surface area contributed by atoms with E-state index >= 15 is 0 Å². The Bertz CT molecular complexity index is 232. The second-order valence-electron chi connectivity index (χ2n) is 3.43. The summed E-state index contributed by atoms with van der Waals surface area (Å²) in [6, 6.07) is 0. The van der Waals surface area contributed by atoms with Gasteiger partial charge in [0.1, 0.15) is 0 Å². The first-order valence-electron chi connectivity index (χ1n) is 4.64. The minimum Gasteiger partial charge on any atom is -0.481 e. The van der Waals surface area contributed by atoms with Crippen molar-refractivity contribution in [1.29, 1.82) is 0 Å². The lowest BCUT2D eigenvalue weighted by Crippen LogP contribution is -2.27. The van der Waals surface area contributed by atoms with Gasteiger partial charge in [-0.3, -0.25) is 9.59 Å². The average Bonchev–Trinajstić information content (AvgIpc) is 2.49. The Morgan fingerprint density at radius 3 is 2.93 bits per heavy atom. The van der Waals surface area contributed by atoms with Gasteiger partial charge in [0.2, 0.25) is 5.91 Å². The predicted molar refractivity (Wildman–Crippen MR) is 55.3 cm³/mol. The maximum Gasteiger partial charge on any atom is 0.308 e. The number of rotatable bonds is 5. The van der Waals surface area contributed by atoms with Crippen molar-refractivity contribution in [2.45, 2.75) is 12.8 Å². The van der Waals surface area contributed by atoms with Crippen LogP contribution in [0.25, 0.3) is 0 Å². The van der Waals surface area contributed by atoms with Crippen LogP contribution in [-0.2, 0) is 9.59 Å². The van der Waals surface area contributed by atoms with E-state index < -0.39 is 11.9 Å². The first-order valence-corrected chi connectivity index (χ1v) is 6.04. The second kappa shape index (κ2) is 5.24. The zero-order chi connectivity index (χ0) is 10.6. The van der Waals surface area contributed by atoms with E-state index in [0.29, 0.717) is 13.1 Å². The second-order valence-corrected chi connectivity index (χ2v) is 4.41. The van der Waals surface area contributed by atoms with Crippen LogP contribution in [0.5, 0.6) is 0 Å². The Labute approximate surface area is 87.7 Å². The smallest absolute Gasteiger partial charge is 0.308 e. The van der Waals surface area contributed by atoms with Crippen LogP contribution in [0.3, 0.4) is 0 Å². The third-order valence-electron chi connectivity index (χ3n) is 2.34. The molecule has 4 nitrogen and oxygen atoms in total. The van der Waals surface area contributed by atoms with Gasteiger partial charge < -0.3 is 10.0 Å². The molecule has 1 rings (SSSR count). The summed E-state index contributed by atoms with van der Waals surface area (Å²) in [4.78, 5) is 23.6. The van der Waals surface area contributed by atoms with Crippen molar-refractivity contribution in [2.24, 2.45) is 5.92 Å². The number of carbonyl (C=O) groups is 2. The molecule has 1 atom stereocenters. The first kappa shape index (κ1) is 11.4. The van der Waals surface area contributed by atoms with Gasteiger partial charge >= 0.3 is 5.97 Å². The lowest BCUT2D eigenvalue weighted by molar-refractivity contribution is -0.141. The molecule has 14 heavy (non-hydrogen) atoms. The van der Waals surface area contributed by atoms with Gasteiger partial charge in [0.05, 0.1) is 5.92 Å². The molecule has 1 saturated heterocycles. The fourth-order valence-corrected chi connectivity index (χ4v) is 1.97. The summed E-state index contributed by atoms with van der Waals surface area (Å²) in [7, 11) is 0. The highest BCUT2D eigenvalue weighted by Gasteiger charge is 2.33. The van der Waals surface area contributed by atoms with E-state index in [9.17, 15) is 9.59 Å². The molecule has 1 amide bonds. The van der Waals surface area contributed by atoms with Crippen LogP contribution in [0.2, 0.25) is 0 Å². The number of hydrogen-bond donors (Lipinski definition) is 1. The number of thioether (sulfide) groups is 1. The first-order chi connectivity index (χ1) is 6.65. The van der Waals surface area contributed by atoms with Gasteiger partial charge in [-0.25, -0.2) is 0 Å². The van der Waals surface area contributed by atoms with Crippen molar-refractivity contribution in [3.05, 3.63) is 0 Å². The van der Waals surface area contributed by atoms with E-state index in [-0.39, 0.29) is 12.3 Å². The van der Waals surface area contributed by atoms with Crippen molar-refractivity contribution in [1.82, 2.24) is 4.90 Å². The van der Waals surface area contributed by atoms with Crippen molar-refractivity contribution >= 4 is 23.6 Å². The van der Waals surface area contributed by atoms with Crippen molar-refractivity contribution < 1.29 is 14.7 Å². The number of carbonyl (C=O) groups excluding carboxylic acids is 1. The summed E-state index contributed by atoms with van der Waals surface area (Å²) >= 11 is 1.74. The van der Waals surface area contributed by atoms with Gasteiger partial charge in [0.25, 0.3) is 0 Å². The molecule has 5 heteroatoms. The SMILES string of the molecule is CSCCCN1CC(C(=O)O)CC1=O. The number of likely N-dealkylation sites (tertiary alicyclic amines) is 1. The third kappa shape index (κ3) is 2.90. The van der Waals surface area contributed by atoms with Crippen LogP contribution in [0.4, 0.5) is 0 Å². The molecule has 0 aromatic carbocycles. The van der Waals surface area contributed by atoms with Crippen molar-refractivity contribution in [2.75, 3.05) is 25.1 Å². The number of aliphatic carboxylic acids is 1. The van der Waals surface area contributed by atoms with E-state index in [2.05, 4.69) is 0 Å². The molecule has 1 aliphatic rings. The standard InChI is InChI=1S/C9H15NO3S/c1-14-4-2-3-10-6-7(9(12)13)5-8(10)11/h7H,2-6H2,1H3,(H,12,13). The van der Waals surface area contributed by atoms with E-state index in [1.165, 1.54) is 0 Å². The fraction of sp³-hybridized carbons (Fsp3) is 0.778. The Hall–Kier alpha value is -0.710. The van der Waals surface area contributed by atoms with Crippen molar-refractivity contribution in [3.63, 3.8) is 0 Å². The molecule has 1 aliphatic heterocycles. The lowest BCUT2D eigenvalue weighted by atomic mass is 10.1. The maximum absolute atomic E-state index is 11.3. The van der Waals surface area contributed by atoms with Crippen LogP contribution < -0.4 is 0 Å². The number of carboxylic acid groups (broad SMARTS) is 1. The summed E-state index contributed by atoms with van der Waals surface area (Å²) < 4.78 is 0. The topological polar surface area (TPSA) is 57.6 Å². The lowest BCUT2D eigenvalue weighted by Gasteiger charge is -2.14. The average molecular weight is 217 g/mol. The van der Waals surface area contributed by atoms with Gasteiger partial charge in [0, 0.05) is 19.5 Å². The van der Waals surface area contributed by atoms with Gasteiger partial charge in [-0.2, -0.15) is 11.8 Å². The van der Waals surface area contributed by atoms with Gasteiger partial charge in [-0.1, -0.05) is 0 Å². The fourth-order valence-electron chi connectivity index (χ4n) is 1.55. The minimum absolute atomic E-state index is 0.0153. The largest absolute Gasteiger partial charge is 0.481 e. The van der Waals surface area contributed by atoms with Crippen LogP contribution in [0, 0.1) is 5.92 Å². The van der Waals surface area contributed by atoms with Crippen molar-refractivity contribution in [3.8, 4) is 0 Å². The minimum atomic E-state index is -0.856. The zero-order valence-corrected chi connectivity index (χ0v) is 9.05. The molecule has 1 unspecified atom stereocenters. The van der Waals surface area contributed by atoms with E-state index in [1.807, 2.05) is 6.26 Å². The molecule has 1 heterocycles. The molecule has 1 N–H and O–H groups in total. The highest BCUT2D eigenvalue weighted by Crippen LogP contribution is 2.18. The summed E-state index contributed by atoms with van der Waals surface area (Å²) in [6.07, 6.45) is 3.14. The Balaban J connectivity index is 2.33. The normalized spacial score (nSPS) is 21.6. The Morgan fingerprint density at radius 2 is 2.43 bits per heavy atom. The van der Waals surface area contributed by atoms with E-state index in [0.717, 1.165) is 12.2 Å². The molecular weight excluding hydrogens is 202 g/mol. The summed E-state index contributed by atoms with van der Waals surface area (Å²) in [6.45, 7) is 1.09. The molecule has 0 saturated carbocycles. The summed E-state index contributed by atoms with van der Waals surface area (Å²) in [5, 5.41) is 8.74. The molecule has 1 fully saturated rings. The maximum atomic E-state index is 11.3. The monoisotopic (exact) mass is 217 g/mol. The number of nitrogens with zero attached hydrogens (tertiary/aromatic N) is 1. The molecule has 0 spiro atoms. The predicted octanol–water partition coefficient (Wildman–Crippen LogP) is 0.673. The van der Waals surface area contributed by atoms with Crippen LogP contribution in [0.1, 0.15) is 12.8 Å². The van der Waals surface area contributed by atoms with E-state index in [4.69, 9.17) is 5.11 Å². The molecule has 0 aliphatic carbocycles. The molecule has 0 bridgehead atoms. The molecule has 80 valence electrons. The van der Waals surface area contributed by atoms with Crippen LogP contribution in [-0.4, -0.2) is 47.0 Å². The van der Waals surface area contributed by atoms with E-state index in [1.54, 1.807) is 16.7 Å². The van der Waals surface area contributed by atoms with Crippen LogP contribution >= 0.6 is 11.8 Å². The Kier molecular flexibility index (Phi) is 4.25. The van der Waals surface area contributed by atoms with Gasteiger partial charge in [0.15, 0.2) is 0 Å². The Morgan fingerprint density at radius 1 is 1.71 bits per heavy atom. The summed E-state index contributed by atoms with van der Waals surface area (Å²) in [5.41, 5.74) is 0. The molecule has 0 radical (unpaired) electrons. The molecule has 0 aromatic rings. The van der Waals surface area contributed by atoms with Gasteiger partial charge in [-0.15, -0.1) is 0 Å². The summed E-state index contributed by atoms with van der Waals surface area (Å²) in [5.74, 6) is -0.345. The number of carboxylic acids is 1.